The Morgan fingerprint density at radius 2 is 2.11 bits per heavy atom. The van der Waals surface area contributed by atoms with E-state index in [2.05, 4.69) is 9.72 Å². The molecule has 18 heavy (non-hydrogen) atoms. The fourth-order valence-corrected chi connectivity index (χ4v) is 1.23. The average molecular weight is 265 g/mol. The summed E-state index contributed by atoms with van der Waals surface area (Å²) in [4.78, 5) is 14.3. The highest BCUT2D eigenvalue weighted by Gasteiger charge is 2.32. The molecule has 1 rings (SSSR count). The maximum absolute atomic E-state index is 12.1. The summed E-state index contributed by atoms with van der Waals surface area (Å²) in [7, 11) is 0. The Balaban J connectivity index is 3.20. The zero-order valence-electron chi connectivity index (χ0n) is 8.99. The quantitative estimate of drug-likeness (QED) is 0.736. The smallest absolute Gasteiger partial charge is 0.481 e. The number of aromatic nitrogens is 1. The molecule has 0 saturated carbocycles. The van der Waals surface area contributed by atoms with Gasteiger partial charge in [-0.3, -0.25) is 9.78 Å². The monoisotopic (exact) mass is 265 g/mol. The first-order valence-corrected chi connectivity index (χ1v) is 4.69. The van der Waals surface area contributed by atoms with E-state index in [1.165, 1.54) is 0 Å². The number of hydrogen-bond acceptors (Lipinski definition) is 5. The molecule has 100 valence electrons. The second-order valence-electron chi connectivity index (χ2n) is 3.29. The van der Waals surface area contributed by atoms with Crippen LogP contribution in [0.5, 0.6) is 5.75 Å². The van der Waals surface area contributed by atoms with Gasteiger partial charge in [0.05, 0.1) is 23.5 Å². The van der Waals surface area contributed by atoms with Crippen molar-refractivity contribution in [1.29, 1.82) is 0 Å². The van der Waals surface area contributed by atoms with Gasteiger partial charge < -0.3 is 21.3 Å². The average Bonchev–Trinajstić information content (AvgIpc) is 2.21. The molecular formula is C9H10F3N3O3. The SMILES string of the molecule is NCc1cc(OC(F)(F)F)c(N)c(CC(=O)O)n1. The highest BCUT2D eigenvalue weighted by atomic mass is 19.4. The van der Waals surface area contributed by atoms with Crippen molar-refractivity contribution in [3.63, 3.8) is 0 Å². The van der Waals surface area contributed by atoms with Crippen LogP contribution in [0.4, 0.5) is 18.9 Å². The van der Waals surface area contributed by atoms with Gasteiger partial charge in [-0.25, -0.2) is 0 Å². The Bertz CT molecular complexity index is 462. The molecule has 0 bridgehead atoms. The molecule has 9 heteroatoms. The molecule has 6 nitrogen and oxygen atoms in total. The van der Waals surface area contributed by atoms with Crippen LogP contribution in [0, 0.1) is 0 Å². The molecule has 0 aliphatic rings. The Hall–Kier alpha value is -2.03. The number of aliphatic carboxylic acids is 1. The second-order valence-corrected chi connectivity index (χ2v) is 3.29. The summed E-state index contributed by atoms with van der Waals surface area (Å²) in [6.45, 7) is -0.166. The van der Waals surface area contributed by atoms with Crippen molar-refractivity contribution in [2.45, 2.75) is 19.3 Å². The maximum atomic E-state index is 12.1. The first kappa shape index (κ1) is 14.0. The fraction of sp³-hybridized carbons (Fsp3) is 0.333. The minimum absolute atomic E-state index is 0.0553. The van der Waals surface area contributed by atoms with Crippen LogP contribution < -0.4 is 16.2 Å². The van der Waals surface area contributed by atoms with Gasteiger partial charge in [-0.05, 0) is 0 Å². The standard InChI is InChI=1S/C9H10F3N3O3/c10-9(11,12)18-6-1-4(3-13)15-5(8(6)14)2-7(16)17/h1H,2-3,13-14H2,(H,16,17). The normalized spacial score (nSPS) is 11.3. The van der Waals surface area contributed by atoms with E-state index in [-0.39, 0.29) is 17.9 Å². The van der Waals surface area contributed by atoms with Crippen LogP contribution in [0.2, 0.25) is 0 Å². The molecule has 0 spiro atoms. The number of rotatable bonds is 4. The zero-order chi connectivity index (χ0) is 13.9. The lowest BCUT2D eigenvalue weighted by atomic mass is 10.2. The Morgan fingerprint density at radius 3 is 2.56 bits per heavy atom. The third-order valence-corrected chi connectivity index (χ3v) is 1.91. The summed E-state index contributed by atoms with van der Waals surface area (Å²) in [6.07, 6.45) is -5.55. The fourth-order valence-electron chi connectivity index (χ4n) is 1.23. The van der Waals surface area contributed by atoms with E-state index in [9.17, 15) is 18.0 Å². The molecule has 0 unspecified atom stereocenters. The van der Waals surface area contributed by atoms with Crippen LogP contribution in [0.3, 0.4) is 0 Å². The van der Waals surface area contributed by atoms with E-state index in [1.54, 1.807) is 0 Å². The summed E-state index contributed by atoms with van der Waals surface area (Å²) in [5.41, 5.74) is 9.99. The van der Waals surface area contributed by atoms with Crippen LogP contribution in [0.25, 0.3) is 0 Å². The van der Waals surface area contributed by atoms with E-state index in [4.69, 9.17) is 16.6 Å². The molecule has 0 aliphatic heterocycles. The van der Waals surface area contributed by atoms with Gasteiger partial charge in [0.1, 0.15) is 0 Å². The van der Waals surface area contributed by atoms with Crippen molar-refractivity contribution in [1.82, 2.24) is 4.98 Å². The number of ether oxygens (including phenoxy) is 1. The molecule has 0 saturated heterocycles. The summed E-state index contributed by atoms with van der Waals surface area (Å²) >= 11 is 0. The molecule has 5 N–H and O–H groups in total. The highest BCUT2D eigenvalue weighted by Crippen LogP contribution is 2.31. The number of nitrogens with two attached hydrogens (primary N) is 2. The predicted molar refractivity (Wildman–Crippen MR) is 54.6 cm³/mol. The number of alkyl halides is 3. The Labute approximate surface area is 99.4 Å². The van der Waals surface area contributed by atoms with E-state index >= 15 is 0 Å². The number of pyridine rings is 1. The number of carbonyl (C=O) groups is 1. The first-order chi connectivity index (χ1) is 8.23. The largest absolute Gasteiger partial charge is 0.573 e. The van der Waals surface area contributed by atoms with Gasteiger partial charge in [0.15, 0.2) is 5.75 Å². The van der Waals surface area contributed by atoms with Gasteiger partial charge in [-0.1, -0.05) is 0 Å². The van der Waals surface area contributed by atoms with Crippen LogP contribution >= 0.6 is 0 Å². The van der Waals surface area contributed by atoms with E-state index in [1.807, 2.05) is 0 Å². The van der Waals surface area contributed by atoms with Crippen molar-refractivity contribution in [3.8, 4) is 5.75 Å². The number of halogens is 3. The van der Waals surface area contributed by atoms with Crippen LogP contribution in [0.1, 0.15) is 11.4 Å². The lowest BCUT2D eigenvalue weighted by Gasteiger charge is -2.14. The van der Waals surface area contributed by atoms with E-state index in [0.29, 0.717) is 0 Å². The molecule has 0 radical (unpaired) electrons. The van der Waals surface area contributed by atoms with Gasteiger partial charge in [-0.15, -0.1) is 13.2 Å². The number of anilines is 1. The second kappa shape index (κ2) is 5.08. The molecular weight excluding hydrogens is 255 g/mol. The van der Waals surface area contributed by atoms with Gasteiger partial charge in [0.2, 0.25) is 0 Å². The van der Waals surface area contributed by atoms with Gasteiger partial charge >= 0.3 is 12.3 Å². The minimum Gasteiger partial charge on any atom is -0.481 e. The minimum atomic E-state index is -4.93. The molecule has 1 aromatic heterocycles. The Morgan fingerprint density at radius 1 is 1.50 bits per heavy atom. The molecule has 0 atom stereocenters. The van der Waals surface area contributed by atoms with E-state index in [0.717, 1.165) is 6.07 Å². The molecule has 0 fully saturated rings. The van der Waals surface area contributed by atoms with E-state index < -0.39 is 30.2 Å². The van der Waals surface area contributed by atoms with Crippen molar-refractivity contribution >= 4 is 11.7 Å². The molecule has 1 heterocycles. The molecule has 1 aromatic rings. The zero-order valence-corrected chi connectivity index (χ0v) is 8.99. The lowest BCUT2D eigenvalue weighted by Crippen LogP contribution is -2.20. The predicted octanol–water partition coefficient (Wildman–Crippen LogP) is 0.648. The summed E-state index contributed by atoms with van der Waals surface area (Å²) in [5.74, 6) is -1.98. The maximum Gasteiger partial charge on any atom is 0.573 e. The topological polar surface area (TPSA) is 111 Å². The number of carboxylic acids is 1. The first-order valence-electron chi connectivity index (χ1n) is 4.69. The molecule has 0 aromatic carbocycles. The van der Waals surface area contributed by atoms with Crippen LogP contribution in [-0.2, 0) is 17.8 Å². The summed E-state index contributed by atoms with van der Waals surface area (Å²) in [5, 5.41) is 8.59. The highest BCUT2D eigenvalue weighted by molar-refractivity contribution is 5.73. The summed E-state index contributed by atoms with van der Waals surface area (Å²) < 4.78 is 40.0. The number of nitrogen functional groups attached to an aromatic ring is 1. The number of nitrogens with zero attached hydrogens (tertiary/aromatic N) is 1. The number of carboxylic acid groups (broad SMARTS) is 1. The van der Waals surface area contributed by atoms with Gasteiger partial charge in [0, 0.05) is 12.6 Å². The third kappa shape index (κ3) is 3.77. The summed E-state index contributed by atoms with van der Waals surface area (Å²) in [6, 6.07) is 0.925. The van der Waals surface area contributed by atoms with Crippen molar-refractivity contribution in [2.24, 2.45) is 5.73 Å². The third-order valence-electron chi connectivity index (χ3n) is 1.91. The van der Waals surface area contributed by atoms with Gasteiger partial charge in [0.25, 0.3) is 0 Å². The van der Waals surface area contributed by atoms with Crippen LogP contribution in [0.15, 0.2) is 6.07 Å². The molecule has 0 amide bonds. The van der Waals surface area contributed by atoms with Crippen molar-refractivity contribution in [3.05, 3.63) is 17.5 Å². The van der Waals surface area contributed by atoms with Crippen molar-refractivity contribution in [2.75, 3.05) is 5.73 Å². The number of hydrogen-bond donors (Lipinski definition) is 3. The van der Waals surface area contributed by atoms with Gasteiger partial charge in [-0.2, -0.15) is 0 Å². The van der Waals surface area contributed by atoms with Crippen LogP contribution in [-0.4, -0.2) is 22.4 Å². The Kier molecular flexibility index (Phi) is 3.96. The lowest BCUT2D eigenvalue weighted by molar-refractivity contribution is -0.274. The van der Waals surface area contributed by atoms with Crippen molar-refractivity contribution < 1.29 is 27.8 Å². The molecule has 0 aliphatic carbocycles.